The van der Waals surface area contributed by atoms with E-state index >= 15 is 0 Å². The maximum absolute atomic E-state index is 14.1. The zero-order chi connectivity index (χ0) is 27.2. The van der Waals surface area contributed by atoms with Gasteiger partial charge >= 0.3 is 0 Å². The average molecular weight is 539 g/mol. The minimum Gasteiger partial charge on any atom is -0.378 e. The summed E-state index contributed by atoms with van der Waals surface area (Å²) in [6.45, 7) is 1.95. The van der Waals surface area contributed by atoms with Crippen LogP contribution in [0.3, 0.4) is 0 Å². The maximum atomic E-state index is 14.1. The van der Waals surface area contributed by atoms with Crippen LogP contribution in [-0.4, -0.2) is 37.7 Å². The Bertz CT molecular complexity index is 1640. The molecule has 1 heterocycles. The Balaban J connectivity index is 1.55. The lowest BCUT2D eigenvalue weighted by Gasteiger charge is -2.35. The Hall–Kier alpha value is -3.84. The standard InChI is InChI=1S/C32H34N4O2S/c1-23-15-17-28(18-16-23)39(37,38)36-30-22-32(24-9-5-4-6-10-24,25-11-7-14-27(21-25)35(2)3)20-19-29(30)31(34-36)33-26-12-8-13-26/h4-7,9-11,14-21,26H,8,12-13,22H2,1-3H3,(H,33,34). The number of nitrogens with one attached hydrogen (secondary N) is 1. The third kappa shape index (κ3) is 4.44. The van der Waals surface area contributed by atoms with Crippen molar-refractivity contribution in [2.24, 2.45) is 0 Å². The van der Waals surface area contributed by atoms with Crippen molar-refractivity contribution in [2.75, 3.05) is 24.3 Å². The van der Waals surface area contributed by atoms with Crippen LogP contribution in [0.5, 0.6) is 0 Å². The molecule has 1 atom stereocenters. The van der Waals surface area contributed by atoms with Crippen LogP contribution in [0.4, 0.5) is 11.5 Å². The molecule has 2 aliphatic rings. The quantitative estimate of drug-likeness (QED) is 0.312. The van der Waals surface area contributed by atoms with Crippen LogP contribution in [0.2, 0.25) is 0 Å². The van der Waals surface area contributed by atoms with Gasteiger partial charge in [0, 0.05) is 43.2 Å². The van der Waals surface area contributed by atoms with Crippen molar-refractivity contribution in [3.8, 4) is 0 Å². The molecule has 1 fully saturated rings. The number of hydrogen-bond donors (Lipinski definition) is 1. The molecule has 0 aliphatic heterocycles. The molecule has 1 N–H and O–H groups in total. The Labute approximate surface area is 231 Å². The molecule has 2 aliphatic carbocycles. The predicted molar refractivity (Wildman–Crippen MR) is 158 cm³/mol. The monoisotopic (exact) mass is 538 g/mol. The van der Waals surface area contributed by atoms with Gasteiger partial charge in [0.05, 0.1) is 10.6 Å². The number of benzene rings is 3. The second-order valence-electron chi connectivity index (χ2n) is 10.9. The van der Waals surface area contributed by atoms with Gasteiger partial charge in [-0.25, -0.2) is 0 Å². The molecule has 0 radical (unpaired) electrons. The van der Waals surface area contributed by atoms with Gasteiger partial charge in [0.25, 0.3) is 10.0 Å². The van der Waals surface area contributed by atoms with Gasteiger partial charge in [0.15, 0.2) is 5.82 Å². The molecule has 0 bridgehead atoms. The molecule has 1 aromatic heterocycles. The van der Waals surface area contributed by atoms with Crippen LogP contribution in [-0.2, 0) is 21.9 Å². The molecule has 0 spiro atoms. The molecule has 39 heavy (non-hydrogen) atoms. The first-order chi connectivity index (χ1) is 18.8. The lowest BCUT2D eigenvalue weighted by atomic mass is 9.68. The van der Waals surface area contributed by atoms with E-state index in [1.165, 1.54) is 10.5 Å². The summed E-state index contributed by atoms with van der Waals surface area (Å²) < 4.78 is 29.4. The largest absolute Gasteiger partial charge is 0.378 e. The van der Waals surface area contributed by atoms with Crippen molar-refractivity contribution >= 4 is 27.6 Å². The van der Waals surface area contributed by atoms with Crippen LogP contribution >= 0.6 is 0 Å². The number of nitrogens with zero attached hydrogens (tertiary/aromatic N) is 3. The Kier molecular flexibility index (Phi) is 6.34. The average Bonchev–Trinajstić information content (AvgIpc) is 3.29. The number of aromatic nitrogens is 2. The smallest absolute Gasteiger partial charge is 0.283 e. The number of anilines is 2. The fourth-order valence-electron chi connectivity index (χ4n) is 5.55. The molecule has 6 nitrogen and oxygen atoms in total. The molecule has 7 heteroatoms. The van der Waals surface area contributed by atoms with Crippen molar-refractivity contribution in [1.82, 2.24) is 9.19 Å². The lowest BCUT2D eigenvalue weighted by molar-refractivity contribution is 0.444. The van der Waals surface area contributed by atoms with Gasteiger partial charge in [-0.3, -0.25) is 0 Å². The van der Waals surface area contributed by atoms with E-state index in [9.17, 15) is 8.42 Å². The van der Waals surface area contributed by atoms with Gasteiger partial charge in [-0.1, -0.05) is 72.3 Å². The molecule has 3 aromatic carbocycles. The second kappa shape index (κ2) is 9.72. The number of aryl methyl sites for hydroxylation is 1. The maximum Gasteiger partial charge on any atom is 0.283 e. The van der Waals surface area contributed by atoms with Crippen molar-refractivity contribution in [1.29, 1.82) is 0 Å². The van der Waals surface area contributed by atoms with E-state index in [1.807, 2.05) is 51.4 Å². The van der Waals surface area contributed by atoms with E-state index in [1.54, 1.807) is 12.1 Å². The van der Waals surface area contributed by atoms with E-state index in [0.29, 0.717) is 24.0 Å². The zero-order valence-corrected chi connectivity index (χ0v) is 23.4. The summed E-state index contributed by atoms with van der Waals surface area (Å²) in [6.07, 6.45) is 8.09. The van der Waals surface area contributed by atoms with Crippen LogP contribution in [0.25, 0.3) is 6.08 Å². The van der Waals surface area contributed by atoms with Crippen LogP contribution in [0.1, 0.15) is 47.2 Å². The van der Waals surface area contributed by atoms with E-state index < -0.39 is 15.4 Å². The van der Waals surface area contributed by atoms with Crippen LogP contribution in [0.15, 0.2) is 89.8 Å². The predicted octanol–water partition coefficient (Wildman–Crippen LogP) is 6.01. The third-order valence-electron chi connectivity index (χ3n) is 8.13. The van der Waals surface area contributed by atoms with Crippen molar-refractivity contribution < 1.29 is 8.42 Å². The minimum absolute atomic E-state index is 0.239. The molecule has 6 rings (SSSR count). The summed E-state index contributed by atoms with van der Waals surface area (Å²) >= 11 is 0. The topological polar surface area (TPSA) is 67.2 Å². The summed E-state index contributed by atoms with van der Waals surface area (Å²) in [5, 5.41) is 8.28. The molecule has 1 unspecified atom stereocenters. The lowest BCUT2D eigenvalue weighted by Crippen LogP contribution is -2.33. The molecule has 0 amide bonds. The number of fused-ring (bicyclic) bond motifs is 1. The minimum atomic E-state index is -3.91. The van der Waals surface area contributed by atoms with E-state index in [0.717, 1.165) is 40.8 Å². The highest BCUT2D eigenvalue weighted by Crippen LogP contribution is 2.45. The van der Waals surface area contributed by atoms with Crippen LogP contribution < -0.4 is 10.2 Å². The molecular weight excluding hydrogens is 504 g/mol. The SMILES string of the molecule is Cc1ccc(S(=O)(=O)n2nc(NC3CCC3)c3c2CC(c2ccccc2)(c2cccc(N(C)C)c2)C=C3)cc1. The van der Waals surface area contributed by atoms with Gasteiger partial charge in [-0.2, -0.15) is 12.5 Å². The Morgan fingerprint density at radius 1 is 0.949 bits per heavy atom. The van der Waals surface area contributed by atoms with E-state index in [-0.39, 0.29) is 4.90 Å². The van der Waals surface area contributed by atoms with E-state index in [4.69, 9.17) is 5.10 Å². The third-order valence-corrected chi connectivity index (χ3v) is 9.75. The second-order valence-corrected chi connectivity index (χ2v) is 12.7. The van der Waals surface area contributed by atoms with Crippen molar-refractivity contribution in [3.63, 3.8) is 0 Å². The summed E-state index contributed by atoms with van der Waals surface area (Å²) in [5.41, 5.74) is 5.31. The first kappa shape index (κ1) is 25.4. The van der Waals surface area contributed by atoms with Crippen molar-refractivity contribution in [2.45, 2.75) is 49.0 Å². The molecule has 4 aromatic rings. The normalized spacial score (nSPS) is 18.8. The van der Waals surface area contributed by atoms with Gasteiger partial charge in [-0.15, -0.1) is 5.10 Å². The highest BCUT2D eigenvalue weighted by Gasteiger charge is 2.40. The Morgan fingerprint density at radius 2 is 1.67 bits per heavy atom. The summed E-state index contributed by atoms with van der Waals surface area (Å²) in [4.78, 5) is 2.33. The fraction of sp³-hybridized carbons (Fsp3) is 0.281. The highest BCUT2D eigenvalue weighted by molar-refractivity contribution is 7.89. The Morgan fingerprint density at radius 3 is 2.33 bits per heavy atom. The van der Waals surface area contributed by atoms with Gasteiger partial charge < -0.3 is 10.2 Å². The fourth-order valence-corrected chi connectivity index (χ4v) is 6.88. The highest BCUT2D eigenvalue weighted by atomic mass is 32.2. The first-order valence-electron chi connectivity index (χ1n) is 13.5. The van der Waals surface area contributed by atoms with Gasteiger partial charge in [0.1, 0.15) is 0 Å². The molecule has 0 saturated heterocycles. The summed E-state index contributed by atoms with van der Waals surface area (Å²) in [6, 6.07) is 26.2. The number of rotatable bonds is 7. The van der Waals surface area contributed by atoms with E-state index in [2.05, 4.69) is 58.8 Å². The summed E-state index contributed by atoms with van der Waals surface area (Å²) in [7, 11) is 0.151. The van der Waals surface area contributed by atoms with Crippen LogP contribution in [0, 0.1) is 6.92 Å². The molecule has 200 valence electrons. The van der Waals surface area contributed by atoms with Gasteiger partial charge in [0.2, 0.25) is 0 Å². The molecule has 1 saturated carbocycles. The van der Waals surface area contributed by atoms with Crippen molar-refractivity contribution in [3.05, 3.63) is 113 Å². The van der Waals surface area contributed by atoms with Gasteiger partial charge in [-0.05, 0) is 61.6 Å². The number of hydrogen-bond acceptors (Lipinski definition) is 5. The zero-order valence-electron chi connectivity index (χ0n) is 22.6. The molecular formula is C32H34N4O2S. The first-order valence-corrected chi connectivity index (χ1v) is 15.0. The summed E-state index contributed by atoms with van der Waals surface area (Å²) in [5.74, 6) is 0.644. The number of allylic oxidation sites excluding steroid dienone is 1.